The van der Waals surface area contributed by atoms with Gasteiger partial charge in [-0.1, -0.05) is 19.8 Å². The number of hydrogen-bond acceptors (Lipinski definition) is 3. The van der Waals surface area contributed by atoms with Crippen molar-refractivity contribution in [3.8, 4) is 0 Å². The molecule has 0 saturated heterocycles. The molecule has 0 aliphatic heterocycles. The average Bonchev–Trinajstić information content (AvgIpc) is 2.01. The van der Waals surface area contributed by atoms with Gasteiger partial charge >= 0.3 is 0 Å². The molecule has 1 aliphatic rings. The summed E-state index contributed by atoms with van der Waals surface area (Å²) in [5.41, 5.74) is 5.25. The van der Waals surface area contributed by atoms with E-state index < -0.39 is 10.1 Å². The zero-order valence-electron chi connectivity index (χ0n) is 8.57. The van der Waals surface area contributed by atoms with Gasteiger partial charge in [-0.2, -0.15) is 8.42 Å². The smallest absolute Gasteiger partial charge is 0.265 e. The van der Waals surface area contributed by atoms with E-state index in [2.05, 4.69) is 6.92 Å². The molecule has 0 aromatic heterocycles. The van der Waals surface area contributed by atoms with E-state index in [4.69, 9.17) is 10.3 Å². The molecule has 5 heteroatoms. The minimum atomic E-state index is -3.90. The van der Waals surface area contributed by atoms with E-state index in [1.807, 2.05) is 0 Å². The highest BCUT2D eigenvalue weighted by Crippen LogP contribution is 2.39. The van der Waals surface area contributed by atoms with Gasteiger partial charge in [0.15, 0.2) is 0 Å². The van der Waals surface area contributed by atoms with Crippen LogP contribution in [0.3, 0.4) is 0 Å². The van der Waals surface area contributed by atoms with Crippen LogP contribution in [-0.4, -0.2) is 25.3 Å². The van der Waals surface area contributed by atoms with Gasteiger partial charge in [-0.25, -0.2) is 0 Å². The standard InChI is InChI=1S/C9H19NO3S/c1-8-3-2-4-9(5-8,6-10)7-14(11,12)13/h8H,2-7,10H2,1H3,(H,11,12,13)/t8?,9-/m1/s1. The van der Waals surface area contributed by atoms with Crippen LogP contribution >= 0.6 is 0 Å². The van der Waals surface area contributed by atoms with Crippen LogP contribution in [0.4, 0.5) is 0 Å². The first-order valence-corrected chi connectivity index (χ1v) is 6.63. The molecule has 0 aromatic rings. The third kappa shape index (κ3) is 3.22. The SMILES string of the molecule is CC1CCC[C@@](CN)(CS(=O)(=O)O)C1. The summed E-state index contributed by atoms with van der Waals surface area (Å²) in [5.74, 6) is 0.329. The van der Waals surface area contributed by atoms with Crippen LogP contribution < -0.4 is 5.73 Å². The Hall–Kier alpha value is -0.130. The maximum atomic E-state index is 10.9. The molecule has 2 atom stereocenters. The molecule has 1 fully saturated rings. The summed E-state index contributed by atoms with van der Waals surface area (Å²) in [6, 6.07) is 0. The quantitative estimate of drug-likeness (QED) is 0.697. The van der Waals surface area contributed by atoms with E-state index in [0.29, 0.717) is 12.5 Å². The molecule has 14 heavy (non-hydrogen) atoms. The minimum Gasteiger partial charge on any atom is -0.330 e. The molecule has 4 nitrogen and oxygen atoms in total. The summed E-state index contributed by atoms with van der Waals surface area (Å²) in [6.07, 6.45) is 3.76. The Bertz CT molecular complexity index is 288. The van der Waals surface area contributed by atoms with Gasteiger partial charge in [0.05, 0.1) is 5.75 Å². The Morgan fingerprint density at radius 2 is 2.21 bits per heavy atom. The van der Waals surface area contributed by atoms with Crippen LogP contribution in [0.25, 0.3) is 0 Å². The fourth-order valence-electron chi connectivity index (χ4n) is 2.53. The Labute approximate surface area is 85.6 Å². The second-order valence-electron chi connectivity index (χ2n) is 4.63. The Kier molecular flexibility index (Phi) is 3.55. The molecule has 1 rings (SSSR count). The lowest BCUT2D eigenvalue weighted by Gasteiger charge is -2.38. The average molecular weight is 221 g/mol. The zero-order chi connectivity index (χ0) is 10.8. The fraction of sp³-hybridized carbons (Fsp3) is 1.00. The summed E-state index contributed by atoms with van der Waals surface area (Å²) >= 11 is 0. The molecule has 1 aliphatic carbocycles. The summed E-state index contributed by atoms with van der Waals surface area (Å²) in [7, 11) is -3.90. The van der Waals surface area contributed by atoms with Gasteiger partial charge in [0.1, 0.15) is 0 Å². The van der Waals surface area contributed by atoms with Crippen molar-refractivity contribution in [1.29, 1.82) is 0 Å². The van der Waals surface area contributed by atoms with Crippen molar-refractivity contribution in [1.82, 2.24) is 0 Å². The number of hydrogen-bond donors (Lipinski definition) is 2. The van der Waals surface area contributed by atoms with Crippen LogP contribution in [-0.2, 0) is 10.1 Å². The molecule has 0 spiro atoms. The Morgan fingerprint density at radius 3 is 2.64 bits per heavy atom. The number of nitrogens with two attached hydrogens (primary N) is 1. The van der Waals surface area contributed by atoms with Crippen molar-refractivity contribution in [3.63, 3.8) is 0 Å². The Morgan fingerprint density at radius 1 is 1.57 bits per heavy atom. The number of rotatable bonds is 3. The van der Waals surface area contributed by atoms with E-state index in [9.17, 15) is 8.42 Å². The van der Waals surface area contributed by atoms with Crippen molar-refractivity contribution >= 4 is 10.1 Å². The normalized spacial score (nSPS) is 34.4. The third-order valence-corrected chi connectivity index (χ3v) is 4.08. The first-order chi connectivity index (χ1) is 6.37. The van der Waals surface area contributed by atoms with Gasteiger partial charge in [-0.05, 0) is 30.7 Å². The zero-order valence-corrected chi connectivity index (χ0v) is 9.39. The van der Waals surface area contributed by atoms with E-state index in [1.54, 1.807) is 0 Å². The largest absolute Gasteiger partial charge is 0.330 e. The lowest BCUT2D eigenvalue weighted by molar-refractivity contribution is 0.177. The topological polar surface area (TPSA) is 80.4 Å². The molecule has 84 valence electrons. The molecule has 0 heterocycles. The van der Waals surface area contributed by atoms with Crippen molar-refractivity contribution in [2.75, 3.05) is 12.3 Å². The fourth-order valence-corrected chi connectivity index (χ4v) is 3.69. The van der Waals surface area contributed by atoms with E-state index in [0.717, 1.165) is 25.7 Å². The molecule has 0 radical (unpaired) electrons. The molecule has 1 saturated carbocycles. The minimum absolute atomic E-state index is 0.180. The van der Waals surface area contributed by atoms with Gasteiger partial charge in [0.25, 0.3) is 10.1 Å². The van der Waals surface area contributed by atoms with Gasteiger partial charge < -0.3 is 5.73 Å². The summed E-state index contributed by atoms with van der Waals surface area (Å²) in [5, 5.41) is 0. The molecular weight excluding hydrogens is 202 g/mol. The molecular formula is C9H19NO3S. The van der Waals surface area contributed by atoms with E-state index in [-0.39, 0.29) is 11.2 Å². The van der Waals surface area contributed by atoms with Gasteiger partial charge in [0, 0.05) is 0 Å². The third-order valence-electron chi connectivity index (χ3n) is 3.11. The van der Waals surface area contributed by atoms with Crippen LogP contribution in [0.2, 0.25) is 0 Å². The summed E-state index contributed by atoms with van der Waals surface area (Å²) in [4.78, 5) is 0. The second kappa shape index (κ2) is 4.16. The predicted molar refractivity (Wildman–Crippen MR) is 55.5 cm³/mol. The summed E-state index contributed by atoms with van der Waals surface area (Å²) < 4.78 is 30.6. The van der Waals surface area contributed by atoms with Crippen LogP contribution in [0.15, 0.2) is 0 Å². The van der Waals surface area contributed by atoms with Crippen molar-refractivity contribution < 1.29 is 13.0 Å². The Balaban J connectivity index is 2.75. The lowest BCUT2D eigenvalue weighted by atomic mass is 9.71. The van der Waals surface area contributed by atoms with E-state index >= 15 is 0 Å². The van der Waals surface area contributed by atoms with Gasteiger partial charge in [-0.15, -0.1) is 0 Å². The molecule has 0 aromatic carbocycles. The van der Waals surface area contributed by atoms with E-state index in [1.165, 1.54) is 0 Å². The van der Waals surface area contributed by atoms with Gasteiger partial charge in [-0.3, -0.25) is 4.55 Å². The highest BCUT2D eigenvalue weighted by Gasteiger charge is 2.37. The first kappa shape index (κ1) is 11.9. The molecule has 3 N–H and O–H groups in total. The predicted octanol–water partition coefficient (Wildman–Crippen LogP) is 1.03. The van der Waals surface area contributed by atoms with Crippen molar-refractivity contribution in [2.24, 2.45) is 17.1 Å². The van der Waals surface area contributed by atoms with Crippen LogP contribution in [0.1, 0.15) is 32.6 Å². The molecule has 0 bridgehead atoms. The van der Waals surface area contributed by atoms with Crippen LogP contribution in [0, 0.1) is 11.3 Å². The maximum Gasteiger partial charge on any atom is 0.265 e. The first-order valence-electron chi connectivity index (χ1n) is 5.02. The monoisotopic (exact) mass is 221 g/mol. The summed E-state index contributed by atoms with van der Waals surface area (Å²) in [6.45, 7) is 2.45. The maximum absolute atomic E-state index is 10.9. The van der Waals surface area contributed by atoms with Crippen LogP contribution in [0.5, 0.6) is 0 Å². The van der Waals surface area contributed by atoms with Crippen molar-refractivity contribution in [2.45, 2.75) is 32.6 Å². The lowest BCUT2D eigenvalue weighted by Crippen LogP contribution is -2.41. The highest BCUT2D eigenvalue weighted by atomic mass is 32.2. The second-order valence-corrected chi connectivity index (χ2v) is 6.08. The van der Waals surface area contributed by atoms with Gasteiger partial charge in [0.2, 0.25) is 0 Å². The highest BCUT2D eigenvalue weighted by molar-refractivity contribution is 7.85. The molecule has 1 unspecified atom stereocenters. The molecule has 0 amide bonds. The van der Waals surface area contributed by atoms with Crippen molar-refractivity contribution in [3.05, 3.63) is 0 Å².